The minimum atomic E-state index is -2.79. The summed E-state index contributed by atoms with van der Waals surface area (Å²) >= 11 is 0. The summed E-state index contributed by atoms with van der Waals surface area (Å²) in [6.45, 7) is 0. The fourth-order valence-corrected chi connectivity index (χ4v) is 2.58. The van der Waals surface area contributed by atoms with Crippen molar-refractivity contribution in [1.29, 1.82) is 0 Å². The Morgan fingerprint density at radius 2 is 1.73 bits per heavy atom. The standard InChI is InChI=1S/C18H12F3N5/c19-13-6-2-4-8-15(13)26-10-11(9-22-26)23-17-12-5-1-3-7-14(12)24-18(25-17)16(20)21/h1-10,16H,(H,23,24,25). The van der Waals surface area contributed by atoms with Crippen LogP contribution in [-0.2, 0) is 0 Å². The average molecular weight is 355 g/mol. The number of halogens is 3. The van der Waals surface area contributed by atoms with E-state index in [1.807, 2.05) is 0 Å². The van der Waals surface area contributed by atoms with Crippen LogP contribution in [0.2, 0.25) is 0 Å². The third-order valence-electron chi connectivity index (χ3n) is 3.76. The highest BCUT2D eigenvalue weighted by Crippen LogP contribution is 2.27. The molecule has 0 aliphatic rings. The number of para-hydroxylation sites is 2. The van der Waals surface area contributed by atoms with Gasteiger partial charge >= 0.3 is 0 Å². The monoisotopic (exact) mass is 355 g/mol. The summed E-state index contributed by atoms with van der Waals surface area (Å²) in [5.74, 6) is -0.749. The highest BCUT2D eigenvalue weighted by molar-refractivity contribution is 5.90. The summed E-state index contributed by atoms with van der Waals surface area (Å²) in [6.07, 6.45) is 0.226. The molecule has 0 aliphatic carbocycles. The van der Waals surface area contributed by atoms with Gasteiger partial charge in [-0.25, -0.2) is 27.8 Å². The third-order valence-corrected chi connectivity index (χ3v) is 3.76. The minimum Gasteiger partial charge on any atom is -0.337 e. The first-order valence-corrected chi connectivity index (χ1v) is 7.73. The number of hydrogen-bond acceptors (Lipinski definition) is 4. The van der Waals surface area contributed by atoms with Gasteiger partial charge in [-0.05, 0) is 24.3 Å². The number of anilines is 2. The molecule has 0 saturated heterocycles. The minimum absolute atomic E-state index is 0.235. The first-order chi connectivity index (χ1) is 12.6. The van der Waals surface area contributed by atoms with Crippen LogP contribution >= 0.6 is 0 Å². The molecule has 0 saturated carbocycles. The zero-order chi connectivity index (χ0) is 18.1. The Morgan fingerprint density at radius 1 is 0.962 bits per heavy atom. The second-order valence-corrected chi connectivity index (χ2v) is 5.50. The molecule has 1 N–H and O–H groups in total. The molecule has 0 radical (unpaired) electrons. The molecule has 0 amide bonds. The van der Waals surface area contributed by atoms with Gasteiger partial charge in [-0.3, -0.25) is 0 Å². The van der Waals surface area contributed by atoms with Crippen molar-refractivity contribution >= 4 is 22.4 Å². The van der Waals surface area contributed by atoms with Crippen LogP contribution in [-0.4, -0.2) is 19.7 Å². The Morgan fingerprint density at radius 3 is 2.54 bits per heavy atom. The highest BCUT2D eigenvalue weighted by Gasteiger charge is 2.15. The number of nitrogens with zero attached hydrogens (tertiary/aromatic N) is 4. The van der Waals surface area contributed by atoms with Crippen molar-refractivity contribution in [1.82, 2.24) is 19.7 Å². The third kappa shape index (κ3) is 2.97. The van der Waals surface area contributed by atoms with Gasteiger partial charge in [0, 0.05) is 5.39 Å². The molecule has 0 spiro atoms. The maximum atomic E-state index is 13.9. The molecule has 26 heavy (non-hydrogen) atoms. The molecule has 0 unspecified atom stereocenters. The van der Waals surface area contributed by atoms with Gasteiger partial charge in [0.2, 0.25) is 0 Å². The largest absolute Gasteiger partial charge is 0.337 e. The van der Waals surface area contributed by atoms with Crippen LogP contribution in [0.3, 0.4) is 0 Å². The first kappa shape index (κ1) is 16.1. The molecule has 0 aliphatic heterocycles. The normalized spacial score (nSPS) is 11.2. The molecule has 2 aromatic carbocycles. The van der Waals surface area contributed by atoms with Gasteiger partial charge in [0.15, 0.2) is 5.82 Å². The quantitative estimate of drug-likeness (QED) is 0.580. The van der Waals surface area contributed by atoms with Gasteiger partial charge in [0.25, 0.3) is 6.43 Å². The molecule has 8 heteroatoms. The number of rotatable bonds is 4. The van der Waals surface area contributed by atoms with Crippen molar-refractivity contribution in [2.24, 2.45) is 0 Å². The molecule has 2 heterocycles. The predicted octanol–water partition coefficient (Wildman–Crippen LogP) is 4.64. The van der Waals surface area contributed by atoms with Gasteiger partial charge < -0.3 is 5.32 Å². The summed E-state index contributed by atoms with van der Waals surface area (Å²) in [6, 6.07) is 13.0. The van der Waals surface area contributed by atoms with Crippen molar-refractivity contribution in [3.05, 3.63) is 72.6 Å². The lowest BCUT2D eigenvalue weighted by Gasteiger charge is -2.09. The molecular weight excluding hydrogens is 343 g/mol. The molecule has 4 rings (SSSR count). The maximum Gasteiger partial charge on any atom is 0.297 e. The zero-order valence-electron chi connectivity index (χ0n) is 13.3. The molecule has 0 bridgehead atoms. The van der Waals surface area contributed by atoms with Crippen LogP contribution in [0.4, 0.5) is 24.7 Å². The average Bonchev–Trinajstić information content (AvgIpc) is 3.10. The van der Waals surface area contributed by atoms with E-state index in [1.54, 1.807) is 48.7 Å². The lowest BCUT2D eigenvalue weighted by molar-refractivity contribution is 0.141. The highest BCUT2D eigenvalue weighted by atomic mass is 19.3. The van der Waals surface area contributed by atoms with Crippen LogP contribution < -0.4 is 5.32 Å². The van der Waals surface area contributed by atoms with E-state index < -0.39 is 18.1 Å². The Labute approximate surface area is 146 Å². The lowest BCUT2D eigenvalue weighted by Crippen LogP contribution is -2.02. The van der Waals surface area contributed by atoms with E-state index >= 15 is 0 Å². The number of benzene rings is 2. The van der Waals surface area contributed by atoms with Gasteiger partial charge in [0.05, 0.1) is 23.6 Å². The van der Waals surface area contributed by atoms with E-state index in [2.05, 4.69) is 20.4 Å². The second-order valence-electron chi connectivity index (χ2n) is 5.50. The first-order valence-electron chi connectivity index (χ1n) is 7.73. The molecule has 4 aromatic rings. The number of aromatic nitrogens is 4. The number of fused-ring (bicyclic) bond motifs is 1. The van der Waals surface area contributed by atoms with Gasteiger partial charge in [-0.2, -0.15) is 5.10 Å². The maximum absolute atomic E-state index is 13.9. The van der Waals surface area contributed by atoms with Crippen LogP contribution in [0.5, 0.6) is 0 Å². The predicted molar refractivity (Wildman–Crippen MR) is 91.3 cm³/mol. The summed E-state index contributed by atoms with van der Waals surface area (Å²) in [5.41, 5.74) is 1.17. The molecule has 2 aromatic heterocycles. The lowest BCUT2D eigenvalue weighted by atomic mass is 10.2. The van der Waals surface area contributed by atoms with Gasteiger partial charge in [0.1, 0.15) is 17.3 Å². The summed E-state index contributed by atoms with van der Waals surface area (Å²) in [4.78, 5) is 7.78. The summed E-state index contributed by atoms with van der Waals surface area (Å²) in [7, 11) is 0. The summed E-state index contributed by atoms with van der Waals surface area (Å²) in [5, 5.41) is 7.66. The van der Waals surface area contributed by atoms with E-state index in [-0.39, 0.29) is 11.5 Å². The molecule has 0 atom stereocenters. The van der Waals surface area contributed by atoms with E-state index in [9.17, 15) is 13.2 Å². The van der Waals surface area contributed by atoms with E-state index in [1.165, 1.54) is 16.9 Å². The Kier molecular flexibility index (Phi) is 4.00. The fourth-order valence-electron chi connectivity index (χ4n) is 2.58. The zero-order valence-corrected chi connectivity index (χ0v) is 13.3. The number of nitrogens with one attached hydrogen (secondary N) is 1. The van der Waals surface area contributed by atoms with Gasteiger partial charge in [-0.1, -0.05) is 24.3 Å². The van der Waals surface area contributed by atoms with E-state index in [0.717, 1.165) is 0 Å². The van der Waals surface area contributed by atoms with Crippen molar-refractivity contribution in [3.63, 3.8) is 0 Å². The van der Waals surface area contributed by atoms with Gasteiger partial charge in [-0.15, -0.1) is 0 Å². The van der Waals surface area contributed by atoms with Crippen molar-refractivity contribution < 1.29 is 13.2 Å². The second kappa shape index (κ2) is 6.47. The fraction of sp³-hybridized carbons (Fsp3) is 0.0556. The molecular formula is C18H12F3N5. The van der Waals surface area contributed by atoms with Crippen molar-refractivity contribution in [3.8, 4) is 5.69 Å². The van der Waals surface area contributed by atoms with Crippen LogP contribution in [0.15, 0.2) is 60.9 Å². The van der Waals surface area contributed by atoms with Crippen molar-refractivity contribution in [2.45, 2.75) is 6.43 Å². The van der Waals surface area contributed by atoms with Crippen LogP contribution in [0.1, 0.15) is 12.2 Å². The smallest absolute Gasteiger partial charge is 0.297 e. The van der Waals surface area contributed by atoms with E-state index in [4.69, 9.17) is 0 Å². The van der Waals surface area contributed by atoms with Crippen LogP contribution in [0, 0.1) is 5.82 Å². The van der Waals surface area contributed by atoms with E-state index in [0.29, 0.717) is 16.6 Å². The van der Waals surface area contributed by atoms with Crippen molar-refractivity contribution in [2.75, 3.05) is 5.32 Å². The Balaban J connectivity index is 1.73. The summed E-state index contributed by atoms with van der Waals surface area (Å²) < 4.78 is 41.4. The topological polar surface area (TPSA) is 55.6 Å². The molecule has 130 valence electrons. The SMILES string of the molecule is Fc1ccccc1-n1cc(Nc2nc(C(F)F)nc3ccccc23)cn1. The Hall–Kier alpha value is -3.42. The molecule has 0 fully saturated rings. The number of hydrogen-bond donors (Lipinski definition) is 1. The Bertz CT molecular complexity index is 1080. The number of alkyl halides is 2. The van der Waals surface area contributed by atoms with Crippen LogP contribution in [0.25, 0.3) is 16.6 Å². The molecule has 5 nitrogen and oxygen atoms in total.